The van der Waals surface area contributed by atoms with E-state index in [1.807, 2.05) is 13.8 Å². The number of ether oxygens (including phenoxy) is 2. The van der Waals surface area contributed by atoms with E-state index in [1.54, 1.807) is 25.1 Å². The first-order valence-corrected chi connectivity index (χ1v) is 6.42. The van der Waals surface area contributed by atoms with Gasteiger partial charge in [0.2, 0.25) is 5.91 Å². The molecule has 0 aliphatic rings. The van der Waals surface area contributed by atoms with Crippen molar-refractivity contribution in [1.29, 1.82) is 0 Å². The van der Waals surface area contributed by atoms with Crippen molar-refractivity contribution in [2.45, 2.75) is 26.9 Å². The highest BCUT2D eigenvalue weighted by molar-refractivity contribution is 6.00. The third-order valence-corrected chi connectivity index (χ3v) is 2.35. The molecule has 0 unspecified atom stereocenters. The third kappa shape index (κ3) is 4.55. The molecular formula is C14H20N2O4. The van der Waals surface area contributed by atoms with Crippen LogP contribution in [0, 0.1) is 0 Å². The van der Waals surface area contributed by atoms with Crippen LogP contribution in [0.15, 0.2) is 18.2 Å². The van der Waals surface area contributed by atoms with Gasteiger partial charge in [0.15, 0.2) is 5.75 Å². The molecule has 0 fully saturated rings. The first-order chi connectivity index (χ1) is 9.45. The fourth-order valence-electron chi connectivity index (χ4n) is 1.57. The lowest BCUT2D eigenvalue weighted by atomic mass is 10.1. The van der Waals surface area contributed by atoms with Gasteiger partial charge < -0.3 is 20.5 Å². The van der Waals surface area contributed by atoms with Crippen LogP contribution in [0.3, 0.4) is 0 Å². The van der Waals surface area contributed by atoms with Crippen molar-refractivity contribution in [3.63, 3.8) is 0 Å². The average Bonchev–Trinajstić information content (AvgIpc) is 2.37. The second-order valence-electron chi connectivity index (χ2n) is 4.40. The maximum atomic E-state index is 11.7. The van der Waals surface area contributed by atoms with Crippen molar-refractivity contribution in [3.8, 4) is 5.75 Å². The van der Waals surface area contributed by atoms with Crippen molar-refractivity contribution in [2.24, 2.45) is 5.73 Å². The smallest absolute Gasteiger partial charge is 0.252 e. The number of primary amides is 1. The summed E-state index contributed by atoms with van der Waals surface area (Å²) in [5, 5.41) is 2.65. The molecule has 20 heavy (non-hydrogen) atoms. The first kappa shape index (κ1) is 16.0. The molecule has 0 spiro atoms. The number of benzene rings is 1. The fourth-order valence-corrected chi connectivity index (χ4v) is 1.57. The predicted molar refractivity (Wildman–Crippen MR) is 75.8 cm³/mol. The Labute approximate surface area is 118 Å². The third-order valence-electron chi connectivity index (χ3n) is 2.35. The second-order valence-corrected chi connectivity index (χ2v) is 4.40. The SMILES string of the molecule is CCOCC(=O)Nc1cccc(C(N)=O)c1OC(C)C. The van der Waals surface area contributed by atoms with Crippen LogP contribution in [0.25, 0.3) is 0 Å². The maximum absolute atomic E-state index is 11.7. The molecule has 6 heteroatoms. The standard InChI is InChI=1S/C14H20N2O4/c1-4-19-8-12(17)16-11-7-5-6-10(14(15)18)13(11)20-9(2)3/h5-7,9H,4,8H2,1-3H3,(H2,15,18)(H,16,17). The van der Waals surface area contributed by atoms with Gasteiger partial charge in [-0.05, 0) is 32.9 Å². The van der Waals surface area contributed by atoms with Crippen molar-refractivity contribution in [3.05, 3.63) is 23.8 Å². The minimum Gasteiger partial charge on any atom is -0.488 e. The fraction of sp³-hybridized carbons (Fsp3) is 0.429. The van der Waals surface area contributed by atoms with Gasteiger partial charge in [-0.2, -0.15) is 0 Å². The quantitative estimate of drug-likeness (QED) is 0.792. The normalized spacial score (nSPS) is 10.4. The molecule has 0 atom stereocenters. The molecule has 0 saturated carbocycles. The van der Waals surface area contributed by atoms with Crippen molar-refractivity contribution in [1.82, 2.24) is 0 Å². The van der Waals surface area contributed by atoms with Crippen LogP contribution < -0.4 is 15.8 Å². The van der Waals surface area contributed by atoms with E-state index in [0.717, 1.165) is 0 Å². The summed E-state index contributed by atoms with van der Waals surface area (Å²) >= 11 is 0. The Balaban J connectivity index is 3.02. The molecular weight excluding hydrogens is 260 g/mol. The molecule has 0 aliphatic carbocycles. The van der Waals surface area contributed by atoms with Crippen LogP contribution in [0.5, 0.6) is 5.75 Å². The molecule has 1 aromatic carbocycles. The molecule has 1 rings (SSSR count). The summed E-state index contributed by atoms with van der Waals surface area (Å²) in [7, 11) is 0. The summed E-state index contributed by atoms with van der Waals surface area (Å²) in [6.07, 6.45) is -0.155. The van der Waals surface area contributed by atoms with E-state index in [1.165, 1.54) is 0 Å². The Hall–Kier alpha value is -2.08. The molecule has 0 aliphatic heterocycles. The number of hydrogen-bond acceptors (Lipinski definition) is 4. The van der Waals surface area contributed by atoms with Gasteiger partial charge in [0.05, 0.1) is 17.4 Å². The summed E-state index contributed by atoms with van der Waals surface area (Å²) in [6, 6.07) is 4.83. The van der Waals surface area contributed by atoms with Crippen molar-refractivity contribution in [2.75, 3.05) is 18.5 Å². The predicted octanol–water partition coefficient (Wildman–Crippen LogP) is 1.55. The van der Waals surface area contributed by atoms with Crippen molar-refractivity contribution >= 4 is 17.5 Å². The van der Waals surface area contributed by atoms with Gasteiger partial charge in [0, 0.05) is 6.61 Å². The second kappa shape index (κ2) is 7.49. The minimum absolute atomic E-state index is 0.0571. The summed E-state index contributed by atoms with van der Waals surface area (Å²) in [6.45, 7) is 5.84. The zero-order chi connectivity index (χ0) is 15.1. The number of nitrogens with two attached hydrogens (primary N) is 1. The lowest BCUT2D eigenvalue weighted by Gasteiger charge is -2.17. The molecule has 2 amide bonds. The molecule has 0 radical (unpaired) electrons. The Kier molecular flexibility index (Phi) is 5.99. The van der Waals surface area contributed by atoms with E-state index >= 15 is 0 Å². The number of rotatable bonds is 7. The van der Waals surface area contributed by atoms with E-state index in [4.69, 9.17) is 15.2 Å². The molecule has 3 N–H and O–H groups in total. The lowest BCUT2D eigenvalue weighted by molar-refractivity contribution is -0.120. The highest BCUT2D eigenvalue weighted by Crippen LogP contribution is 2.29. The van der Waals surface area contributed by atoms with Crippen LogP contribution in [0.2, 0.25) is 0 Å². The average molecular weight is 280 g/mol. The van der Waals surface area contributed by atoms with Crippen molar-refractivity contribution < 1.29 is 19.1 Å². The van der Waals surface area contributed by atoms with E-state index in [9.17, 15) is 9.59 Å². The van der Waals surface area contributed by atoms with E-state index in [0.29, 0.717) is 12.3 Å². The Morgan fingerprint density at radius 3 is 2.60 bits per heavy atom. The van der Waals surface area contributed by atoms with Crippen LogP contribution in [0.1, 0.15) is 31.1 Å². The molecule has 110 valence electrons. The van der Waals surface area contributed by atoms with Crippen LogP contribution in [-0.4, -0.2) is 31.1 Å². The van der Waals surface area contributed by atoms with Gasteiger partial charge >= 0.3 is 0 Å². The zero-order valence-corrected chi connectivity index (χ0v) is 11.9. The Morgan fingerprint density at radius 1 is 1.35 bits per heavy atom. The lowest BCUT2D eigenvalue weighted by Crippen LogP contribution is -2.21. The van der Waals surface area contributed by atoms with Gasteiger partial charge in [0.1, 0.15) is 6.61 Å². The van der Waals surface area contributed by atoms with Gasteiger partial charge in [-0.1, -0.05) is 6.07 Å². The number of anilines is 1. The van der Waals surface area contributed by atoms with Gasteiger partial charge in [0.25, 0.3) is 5.91 Å². The molecule has 1 aromatic rings. The number of hydrogen-bond donors (Lipinski definition) is 2. The molecule has 0 bridgehead atoms. The van der Waals surface area contributed by atoms with Crippen LogP contribution in [-0.2, 0) is 9.53 Å². The Bertz CT molecular complexity index is 486. The zero-order valence-electron chi connectivity index (χ0n) is 11.9. The summed E-state index contributed by atoms with van der Waals surface area (Å²) in [5.41, 5.74) is 5.95. The maximum Gasteiger partial charge on any atom is 0.252 e. The number of nitrogens with one attached hydrogen (secondary N) is 1. The minimum atomic E-state index is -0.610. The van der Waals surface area contributed by atoms with Gasteiger partial charge in [-0.25, -0.2) is 0 Å². The van der Waals surface area contributed by atoms with Gasteiger partial charge in [-0.15, -0.1) is 0 Å². The monoisotopic (exact) mass is 280 g/mol. The summed E-state index contributed by atoms with van der Waals surface area (Å²) < 4.78 is 10.6. The molecule has 0 heterocycles. The largest absolute Gasteiger partial charge is 0.488 e. The van der Waals surface area contributed by atoms with E-state index in [2.05, 4.69) is 5.32 Å². The number of carbonyl (C=O) groups excluding carboxylic acids is 2. The van der Waals surface area contributed by atoms with E-state index in [-0.39, 0.29) is 29.9 Å². The highest BCUT2D eigenvalue weighted by atomic mass is 16.5. The molecule has 0 saturated heterocycles. The molecule has 6 nitrogen and oxygen atoms in total. The highest BCUT2D eigenvalue weighted by Gasteiger charge is 2.16. The number of carbonyl (C=O) groups is 2. The van der Waals surface area contributed by atoms with E-state index < -0.39 is 5.91 Å². The number of para-hydroxylation sites is 1. The topological polar surface area (TPSA) is 90.6 Å². The van der Waals surface area contributed by atoms with Gasteiger partial charge in [-0.3, -0.25) is 9.59 Å². The summed E-state index contributed by atoms with van der Waals surface area (Å²) in [5.74, 6) is -0.650. The number of amides is 2. The Morgan fingerprint density at radius 2 is 2.05 bits per heavy atom. The first-order valence-electron chi connectivity index (χ1n) is 6.42. The van der Waals surface area contributed by atoms with Crippen LogP contribution in [0.4, 0.5) is 5.69 Å². The van der Waals surface area contributed by atoms with Crippen LogP contribution >= 0.6 is 0 Å². The molecule has 0 aromatic heterocycles. The summed E-state index contributed by atoms with van der Waals surface area (Å²) in [4.78, 5) is 23.1.